The smallest absolute Gasteiger partial charge is 0.394 e. The van der Waals surface area contributed by atoms with Crippen LogP contribution in [0.3, 0.4) is 0 Å². The fourth-order valence-corrected chi connectivity index (χ4v) is 6.54. The van der Waals surface area contributed by atoms with Crippen LogP contribution in [-0.2, 0) is 32.2 Å². The summed E-state index contributed by atoms with van der Waals surface area (Å²) < 4.78 is 53.9. The van der Waals surface area contributed by atoms with Crippen LogP contribution in [0.5, 0.6) is 0 Å². The van der Waals surface area contributed by atoms with E-state index in [2.05, 4.69) is 29.9 Å². The molecule has 0 saturated carbocycles. The monoisotopic (exact) mass is 676 g/mol. The van der Waals surface area contributed by atoms with Crippen molar-refractivity contribution in [2.75, 3.05) is 24.7 Å². The molecule has 9 atom stereocenters. The zero-order chi connectivity index (χ0) is 32.3. The Morgan fingerprint density at radius 3 is 1.89 bits per heavy atom. The van der Waals surface area contributed by atoms with E-state index in [1.807, 2.05) is 0 Å². The van der Waals surface area contributed by atoms with Crippen molar-refractivity contribution in [2.24, 2.45) is 0 Å². The van der Waals surface area contributed by atoms with E-state index in [4.69, 9.17) is 34.5 Å². The van der Waals surface area contributed by atoms with Gasteiger partial charge in [0.2, 0.25) is 0 Å². The second-order valence-corrected chi connectivity index (χ2v) is 12.5. The molecule has 4 aromatic heterocycles. The molecule has 244 valence electrons. The van der Waals surface area contributed by atoms with Gasteiger partial charge in [0.05, 0.1) is 25.9 Å². The van der Waals surface area contributed by atoms with Crippen LogP contribution in [-0.4, -0.2) is 119 Å². The van der Waals surface area contributed by atoms with E-state index in [1.54, 1.807) is 0 Å². The van der Waals surface area contributed by atoms with Gasteiger partial charge in [0.1, 0.15) is 60.3 Å². The van der Waals surface area contributed by atoms with Gasteiger partial charge in [-0.2, -0.15) is 0 Å². The predicted octanol–water partition coefficient (Wildman–Crippen LogP) is -2.68. The lowest BCUT2D eigenvalue weighted by Gasteiger charge is -2.26. The van der Waals surface area contributed by atoms with Gasteiger partial charge in [0.25, 0.3) is 0 Å². The molecule has 2 aliphatic rings. The van der Waals surface area contributed by atoms with Crippen molar-refractivity contribution in [3.8, 4) is 0 Å². The molecule has 0 aromatic carbocycles. The number of imidazole rings is 2. The van der Waals surface area contributed by atoms with Gasteiger partial charge in [-0.3, -0.25) is 22.7 Å². The van der Waals surface area contributed by atoms with Crippen LogP contribution in [0.4, 0.5) is 11.6 Å². The summed E-state index contributed by atoms with van der Waals surface area (Å²) in [7, 11) is -10.5. The van der Waals surface area contributed by atoms with Gasteiger partial charge in [-0.15, -0.1) is 0 Å². The average Bonchev–Trinajstić information content (AvgIpc) is 3.73. The van der Waals surface area contributed by atoms with Crippen LogP contribution in [0, 0.1) is 0 Å². The van der Waals surface area contributed by atoms with Gasteiger partial charge in [-0.25, -0.2) is 39.0 Å². The summed E-state index contributed by atoms with van der Waals surface area (Å²) >= 11 is 0. The summed E-state index contributed by atoms with van der Waals surface area (Å²) in [6, 6.07) is 0. The van der Waals surface area contributed by atoms with E-state index in [-0.39, 0.29) is 34.0 Å². The van der Waals surface area contributed by atoms with Crippen molar-refractivity contribution >= 4 is 49.6 Å². The number of aliphatic hydroxyl groups is 3. The first-order valence-electron chi connectivity index (χ1n) is 12.8. The first kappa shape index (κ1) is 31.7. The Kier molecular flexibility index (Phi) is 8.33. The second-order valence-electron chi connectivity index (χ2n) is 9.85. The topological polar surface area (TPSA) is 341 Å². The van der Waals surface area contributed by atoms with E-state index >= 15 is 0 Å². The maximum atomic E-state index is 13.1. The molecule has 4 aromatic rings. The lowest BCUT2D eigenvalue weighted by Crippen LogP contribution is -2.37. The number of phosphoric ester groups is 2. The number of nitrogens with two attached hydrogens (primary N) is 2. The van der Waals surface area contributed by atoms with Crippen molar-refractivity contribution in [1.29, 1.82) is 0 Å². The van der Waals surface area contributed by atoms with E-state index in [0.29, 0.717) is 0 Å². The number of anilines is 2. The molecule has 23 nitrogen and oxygen atoms in total. The maximum absolute atomic E-state index is 13.1. The third-order valence-electron chi connectivity index (χ3n) is 7.04. The number of aromatic nitrogens is 8. The normalized spacial score (nSPS) is 30.4. The van der Waals surface area contributed by atoms with Gasteiger partial charge in [-0.05, 0) is 0 Å². The molecule has 10 N–H and O–H groups in total. The Morgan fingerprint density at radius 1 is 0.778 bits per heavy atom. The van der Waals surface area contributed by atoms with Crippen LogP contribution in [0.2, 0.25) is 0 Å². The minimum atomic E-state index is -5.31. The van der Waals surface area contributed by atoms with E-state index in [0.717, 1.165) is 23.5 Å². The van der Waals surface area contributed by atoms with Crippen LogP contribution in [0.15, 0.2) is 25.3 Å². The number of hydrogen-bond acceptors (Lipinski definition) is 18. The molecule has 0 aliphatic carbocycles. The van der Waals surface area contributed by atoms with Gasteiger partial charge < -0.3 is 50.9 Å². The summed E-state index contributed by atoms with van der Waals surface area (Å²) in [6.45, 7) is -1.68. The van der Waals surface area contributed by atoms with Crippen LogP contribution < -0.4 is 11.5 Å². The Hall–Kier alpha value is -3.28. The number of fused-ring (bicyclic) bond motifs is 2. The van der Waals surface area contributed by atoms with Gasteiger partial charge >= 0.3 is 15.6 Å². The summed E-state index contributed by atoms with van der Waals surface area (Å²) in [5.74, 6) is 0.0373. The second kappa shape index (κ2) is 11.8. The van der Waals surface area contributed by atoms with Gasteiger partial charge in [0.15, 0.2) is 35.4 Å². The molecule has 0 amide bonds. The summed E-state index contributed by atoms with van der Waals surface area (Å²) in [5, 5.41) is 31.2. The highest BCUT2D eigenvalue weighted by atomic mass is 31.2. The molecule has 6 heterocycles. The summed E-state index contributed by atoms with van der Waals surface area (Å²) in [4.78, 5) is 53.6. The lowest BCUT2D eigenvalue weighted by atomic mass is 10.1. The van der Waals surface area contributed by atoms with Crippen molar-refractivity contribution in [1.82, 2.24) is 39.0 Å². The molecule has 1 unspecified atom stereocenters. The third-order valence-corrected chi connectivity index (χ3v) is 8.54. The number of aliphatic hydroxyl groups excluding tert-OH is 3. The SMILES string of the molecule is Nc1ncnc2c1ncn2[C@@H]1O[C@H](COP(=O)(O)O[C@H]2[C@@H](OP(=O)(O)O)[C@H](n3cnc4c(N)ncnc43)O[C@@H]2CO)[C@@H](O)[C@H]1O. The number of ether oxygens (including phenoxy) is 2. The molecule has 2 saturated heterocycles. The van der Waals surface area contributed by atoms with Crippen LogP contribution >= 0.6 is 15.6 Å². The van der Waals surface area contributed by atoms with E-state index in [9.17, 15) is 39.1 Å². The molecular formula is C20H26N10O13P2. The first-order chi connectivity index (χ1) is 21.3. The predicted molar refractivity (Wildman–Crippen MR) is 144 cm³/mol. The fourth-order valence-electron chi connectivity index (χ4n) is 5.04. The van der Waals surface area contributed by atoms with E-state index < -0.39 is 77.9 Å². The van der Waals surface area contributed by atoms with Crippen molar-refractivity contribution in [3.05, 3.63) is 25.3 Å². The first-order valence-corrected chi connectivity index (χ1v) is 15.8. The Balaban J connectivity index is 1.20. The summed E-state index contributed by atoms with van der Waals surface area (Å²) in [6.07, 6.45) is -7.89. The minimum Gasteiger partial charge on any atom is -0.394 e. The minimum absolute atomic E-state index is 0.0220. The van der Waals surface area contributed by atoms with Crippen molar-refractivity contribution in [3.63, 3.8) is 0 Å². The molecule has 2 fully saturated rings. The number of phosphoric acid groups is 2. The third kappa shape index (κ3) is 6.02. The fraction of sp³-hybridized carbons (Fsp3) is 0.500. The molecule has 6 rings (SSSR count). The van der Waals surface area contributed by atoms with Gasteiger partial charge in [-0.1, -0.05) is 0 Å². The molecule has 25 heteroatoms. The maximum Gasteiger partial charge on any atom is 0.472 e. The number of nitrogens with zero attached hydrogens (tertiary/aromatic N) is 8. The van der Waals surface area contributed by atoms with E-state index in [1.165, 1.54) is 10.9 Å². The Morgan fingerprint density at radius 2 is 1.33 bits per heavy atom. The standard InChI is InChI=1S/C20H26N10O13P2/c21-15-9-17(25-3-23-15)29(5-27-9)19-12(33)11(32)8(41-19)2-39-45(37,38)43-13-7(1-31)40-20(14(13)42-44(34,35)36)30-6-28-10-16(22)24-4-26-18(10)30/h3-8,11-14,19-20,31-33H,1-2H2,(H,37,38)(H2,21,23,25)(H2,22,24,26)(H2,34,35,36)/t7-,8-,11-,12-,13-,14-,19-,20-/m1/s1. The summed E-state index contributed by atoms with van der Waals surface area (Å²) in [5.41, 5.74) is 12.1. The Bertz CT molecular complexity index is 1800. The largest absolute Gasteiger partial charge is 0.472 e. The molecule has 0 bridgehead atoms. The lowest BCUT2D eigenvalue weighted by molar-refractivity contribution is -0.0585. The quantitative estimate of drug-likeness (QED) is 0.0793. The van der Waals surface area contributed by atoms with Crippen molar-refractivity contribution in [2.45, 2.75) is 49.1 Å². The highest BCUT2D eigenvalue weighted by molar-refractivity contribution is 7.47. The molecule has 0 spiro atoms. The van der Waals surface area contributed by atoms with Crippen molar-refractivity contribution < 1.29 is 62.2 Å². The zero-order valence-corrected chi connectivity index (χ0v) is 24.3. The van der Waals surface area contributed by atoms with Gasteiger partial charge in [0, 0.05) is 0 Å². The molecule has 45 heavy (non-hydrogen) atoms. The average molecular weight is 676 g/mol. The number of hydrogen-bond donors (Lipinski definition) is 8. The highest BCUT2D eigenvalue weighted by Crippen LogP contribution is 2.52. The van der Waals surface area contributed by atoms with Crippen LogP contribution in [0.1, 0.15) is 12.5 Å². The zero-order valence-electron chi connectivity index (χ0n) is 22.5. The molecular weight excluding hydrogens is 650 g/mol. The highest BCUT2D eigenvalue weighted by Gasteiger charge is 2.53. The number of rotatable bonds is 10. The van der Waals surface area contributed by atoms with Crippen LogP contribution in [0.25, 0.3) is 22.3 Å². The Labute approximate surface area is 250 Å². The molecule has 2 aliphatic heterocycles. The molecule has 0 radical (unpaired) electrons. The number of nitrogen functional groups attached to an aromatic ring is 2.